The molecule has 6 heteroatoms. The summed E-state index contributed by atoms with van der Waals surface area (Å²) >= 11 is 5.94. The Hall–Kier alpha value is -1.75. The predicted octanol–water partition coefficient (Wildman–Crippen LogP) is 2.52. The molecule has 0 amide bonds. The Kier molecular flexibility index (Phi) is 3.06. The number of carbonyl (C=O) groups is 1. The molecule has 0 spiro atoms. The molecule has 0 bridgehead atoms. The molecular weight excluding hydrogens is 266 g/mol. The molecule has 2 heterocycles. The molecule has 2 aromatic rings. The fourth-order valence-electron chi connectivity index (χ4n) is 2.46. The van der Waals surface area contributed by atoms with Gasteiger partial charge in [-0.05, 0) is 31.0 Å². The number of aromatic amines is 1. The Balaban J connectivity index is 1.80. The Morgan fingerprint density at radius 3 is 2.84 bits per heavy atom. The number of halogens is 1. The first-order chi connectivity index (χ1) is 9.13. The summed E-state index contributed by atoms with van der Waals surface area (Å²) in [5, 5.41) is 9.66. The Morgan fingerprint density at radius 2 is 2.16 bits per heavy atom. The molecule has 19 heavy (non-hydrogen) atoms. The summed E-state index contributed by atoms with van der Waals surface area (Å²) < 4.78 is 0. The highest BCUT2D eigenvalue weighted by atomic mass is 35.5. The largest absolute Gasteiger partial charge is 0.481 e. The van der Waals surface area contributed by atoms with Crippen molar-refractivity contribution < 1.29 is 9.90 Å². The van der Waals surface area contributed by atoms with Crippen molar-refractivity contribution in [3.05, 3.63) is 23.2 Å². The number of hydrogen-bond donors (Lipinski definition) is 2. The van der Waals surface area contributed by atoms with E-state index >= 15 is 0 Å². The number of aromatic nitrogens is 2. The Morgan fingerprint density at radius 1 is 1.42 bits per heavy atom. The number of hydrogen-bond acceptors (Lipinski definition) is 3. The number of piperidine rings is 1. The van der Waals surface area contributed by atoms with Crippen molar-refractivity contribution in [2.75, 3.05) is 18.0 Å². The van der Waals surface area contributed by atoms with E-state index in [1.54, 1.807) is 0 Å². The summed E-state index contributed by atoms with van der Waals surface area (Å²) in [5.41, 5.74) is 1.78. The minimum absolute atomic E-state index is 0.227. The van der Waals surface area contributed by atoms with E-state index in [1.165, 1.54) is 0 Å². The van der Waals surface area contributed by atoms with Crippen molar-refractivity contribution in [3.8, 4) is 0 Å². The molecule has 1 aliphatic rings. The summed E-state index contributed by atoms with van der Waals surface area (Å²) in [5.74, 6) is -0.132. The van der Waals surface area contributed by atoms with Crippen LogP contribution in [0.4, 0.5) is 5.95 Å². The van der Waals surface area contributed by atoms with E-state index in [1.807, 2.05) is 18.2 Å². The summed E-state index contributed by atoms with van der Waals surface area (Å²) in [7, 11) is 0. The molecule has 0 unspecified atom stereocenters. The maximum atomic E-state index is 10.9. The molecule has 0 atom stereocenters. The molecular formula is C13H14ClN3O2. The number of imidazole rings is 1. The van der Waals surface area contributed by atoms with Gasteiger partial charge in [0.1, 0.15) is 0 Å². The first-order valence-electron chi connectivity index (χ1n) is 6.26. The molecule has 1 saturated heterocycles. The predicted molar refractivity (Wildman–Crippen MR) is 73.7 cm³/mol. The lowest BCUT2D eigenvalue weighted by Crippen LogP contribution is -2.36. The van der Waals surface area contributed by atoms with Crippen LogP contribution in [0.3, 0.4) is 0 Å². The summed E-state index contributed by atoms with van der Waals surface area (Å²) in [4.78, 5) is 20.8. The van der Waals surface area contributed by atoms with Crippen LogP contribution in [0.1, 0.15) is 12.8 Å². The quantitative estimate of drug-likeness (QED) is 0.886. The lowest BCUT2D eigenvalue weighted by atomic mass is 9.97. The number of aliphatic carboxylic acids is 1. The van der Waals surface area contributed by atoms with Gasteiger partial charge in [0.15, 0.2) is 0 Å². The van der Waals surface area contributed by atoms with Crippen LogP contribution in [0.5, 0.6) is 0 Å². The number of fused-ring (bicyclic) bond motifs is 1. The van der Waals surface area contributed by atoms with Crippen molar-refractivity contribution in [2.24, 2.45) is 5.92 Å². The highest BCUT2D eigenvalue weighted by molar-refractivity contribution is 6.31. The van der Waals surface area contributed by atoms with Crippen molar-refractivity contribution in [3.63, 3.8) is 0 Å². The number of benzene rings is 1. The zero-order chi connectivity index (χ0) is 13.4. The maximum absolute atomic E-state index is 10.9. The molecule has 0 radical (unpaired) electrons. The number of carboxylic acid groups (broad SMARTS) is 1. The van der Waals surface area contributed by atoms with E-state index in [-0.39, 0.29) is 5.92 Å². The first-order valence-corrected chi connectivity index (χ1v) is 6.64. The SMILES string of the molecule is O=C(O)C1CCN(c2nc3ccc(Cl)cc3[nH]2)CC1. The van der Waals surface area contributed by atoms with Crippen LogP contribution in [0.15, 0.2) is 18.2 Å². The minimum Gasteiger partial charge on any atom is -0.481 e. The second-order valence-corrected chi connectivity index (χ2v) is 5.26. The van der Waals surface area contributed by atoms with E-state index < -0.39 is 5.97 Å². The molecule has 2 N–H and O–H groups in total. The number of rotatable bonds is 2. The van der Waals surface area contributed by atoms with Gasteiger partial charge in [-0.2, -0.15) is 0 Å². The summed E-state index contributed by atoms with van der Waals surface area (Å²) in [6, 6.07) is 5.53. The van der Waals surface area contributed by atoms with Crippen LogP contribution in [-0.4, -0.2) is 34.1 Å². The molecule has 5 nitrogen and oxygen atoms in total. The standard InChI is InChI=1S/C13H14ClN3O2/c14-9-1-2-10-11(7-9)16-13(15-10)17-5-3-8(4-6-17)12(18)19/h1-2,7-8H,3-6H2,(H,15,16)(H,18,19). The van der Waals surface area contributed by atoms with E-state index in [2.05, 4.69) is 14.9 Å². The minimum atomic E-state index is -0.698. The average Bonchev–Trinajstić information content (AvgIpc) is 2.81. The molecule has 0 aliphatic carbocycles. The fraction of sp³-hybridized carbons (Fsp3) is 0.385. The first kappa shape index (κ1) is 12.3. The number of H-pyrrole nitrogens is 1. The van der Waals surface area contributed by atoms with Crippen LogP contribution in [0.25, 0.3) is 11.0 Å². The molecule has 1 aromatic heterocycles. The zero-order valence-corrected chi connectivity index (χ0v) is 11.0. The normalized spacial score (nSPS) is 17.0. The molecule has 3 rings (SSSR count). The molecule has 1 aliphatic heterocycles. The van der Waals surface area contributed by atoms with Gasteiger partial charge in [0.25, 0.3) is 0 Å². The average molecular weight is 280 g/mol. The topological polar surface area (TPSA) is 69.2 Å². The number of anilines is 1. The second-order valence-electron chi connectivity index (χ2n) is 4.82. The smallest absolute Gasteiger partial charge is 0.306 e. The van der Waals surface area contributed by atoms with E-state index in [4.69, 9.17) is 16.7 Å². The van der Waals surface area contributed by atoms with Gasteiger partial charge in [-0.3, -0.25) is 4.79 Å². The van der Waals surface area contributed by atoms with Crippen LogP contribution in [0.2, 0.25) is 5.02 Å². The van der Waals surface area contributed by atoms with Crippen LogP contribution < -0.4 is 4.90 Å². The lowest BCUT2D eigenvalue weighted by Gasteiger charge is -2.29. The van der Waals surface area contributed by atoms with Gasteiger partial charge in [0, 0.05) is 18.1 Å². The third-order valence-electron chi connectivity index (χ3n) is 3.58. The second kappa shape index (κ2) is 4.74. The van der Waals surface area contributed by atoms with Gasteiger partial charge in [-0.25, -0.2) is 4.98 Å². The maximum Gasteiger partial charge on any atom is 0.306 e. The van der Waals surface area contributed by atoms with Crippen LogP contribution >= 0.6 is 11.6 Å². The van der Waals surface area contributed by atoms with Crippen molar-refractivity contribution in [1.29, 1.82) is 0 Å². The molecule has 1 fully saturated rings. The van der Waals surface area contributed by atoms with Gasteiger partial charge in [-0.15, -0.1) is 0 Å². The number of nitrogens with one attached hydrogen (secondary N) is 1. The lowest BCUT2D eigenvalue weighted by molar-refractivity contribution is -0.142. The van der Waals surface area contributed by atoms with Gasteiger partial charge < -0.3 is 15.0 Å². The van der Waals surface area contributed by atoms with E-state index in [9.17, 15) is 4.79 Å². The third-order valence-corrected chi connectivity index (χ3v) is 3.81. The van der Waals surface area contributed by atoms with Gasteiger partial charge in [0.2, 0.25) is 5.95 Å². The molecule has 100 valence electrons. The van der Waals surface area contributed by atoms with Crippen molar-refractivity contribution in [2.45, 2.75) is 12.8 Å². The van der Waals surface area contributed by atoms with Gasteiger partial charge in [-0.1, -0.05) is 11.6 Å². The Labute approximate surface area is 115 Å². The van der Waals surface area contributed by atoms with Crippen LogP contribution in [-0.2, 0) is 4.79 Å². The highest BCUT2D eigenvalue weighted by Crippen LogP contribution is 2.25. The van der Waals surface area contributed by atoms with Gasteiger partial charge >= 0.3 is 5.97 Å². The summed E-state index contributed by atoms with van der Waals surface area (Å²) in [6.45, 7) is 1.43. The highest BCUT2D eigenvalue weighted by Gasteiger charge is 2.25. The monoisotopic (exact) mass is 279 g/mol. The molecule has 0 saturated carbocycles. The fourth-order valence-corrected chi connectivity index (χ4v) is 2.63. The zero-order valence-electron chi connectivity index (χ0n) is 10.3. The Bertz CT molecular complexity index is 617. The van der Waals surface area contributed by atoms with Crippen molar-refractivity contribution in [1.82, 2.24) is 9.97 Å². The van der Waals surface area contributed by atoms with E-state index in [0.717, 1.165) is 17.0 Å². The number of carboxylic acids is 1. The third kappa shape index (κ3) is 2.38. The van der Waals surface area contributed by atoms with Crippen molar-refractivity contribution >= 4 is 34.6 Å². The van der Waals surface area contributed by atoms with Crippen LogP contribution in [0, 0.1) is 5.92 Å². The number of nitrogens with zero attached hydrogens (tertiary/aromatic N) is 2. The van der Waals surface area contributed by atoms with Gasteiger partial charge in [0.05, 0.1) is 17.0 Å². The van der Waals surface area contributed by atoms with E-state index in [0.29, 0.717) is 31.0 Å². The molecule has 1 aromatic carbocycles. The summed E-state index contributed by atoms with van der Waals surface area (Å²) in [6.07, 6.45) is 1.32.